The molecule has 0 amide bonds. The lowest BCUT2D eigenvalue weighted by Gasteiger charge is -2.48. The molecule has 0 aromatic heterocycles. The van der Waals surface area contributed by atoms with Crippen LogP contribution in [0.2, 0.25) is 0 Å². The number of aliphatic hydroxyl groups excluding tert-OH is 3. The lowest BCUT2D eigenvalue weighted by atomic mass is 9.79. The molecule has 9 N–H and O–H groups in total. The Morgan fingerprint density at radius 1 is 1.11 bits per heavy atom. The van der Waals surface area contributed by atoms with Crippen LogP contribution >= 0.6 is 0 Å². The number of nitrogens with two attached hydrogens (primary N) is 2. The van der Waals surface area contributed by atoms with Gasteiger partial charge in [-0.1, -0.05) is 24.3 Å². The van der Waals surface area contributed by atoms with Crippen molar-refractivity contribution in [1.29, 1.82) is 0 Å². The second kappa shape index (κ2) is 13.7. The fourth-order valence-corrected chi connectivity index (χ4v) is 8.21. The summed E-state index contributed by atoms with van der Waals surface area (Å²) in [4.78, 5) is 28.3. The number of para-hydroxylation sites is 1. The zero-order chi connectivity index (χ0) is 38.1. The van der Waals surface area contributed by atoms with Gasteiger partial charge in [0, 0.05) is 28.0 Å². The van der Waals surface area contributed by atoms with Crippen LogP contribution < -0.4 is 45.7 Å². The minimum absolute atomic E-state index is 0.115. The number of nitrogens with zero attached hydrogens (tertiary/aromatic N) is 1. The van der Waals surface area contributed by atoms with E-state index in [0.717, 1.165) is 21.7 Å². The summed E-state index contributed by atoms with van der Waals surface area (Å²) in [5.74, 6) is -1.23. The topological polar surface area (TPSA) is 264 Å². The Morgan fingerprint density at radius 2 is 1.91 bits per heavy atom. The van der Waals surface area contributed by atoms with Crippen LogP contribution in [0, 0.1) is 0 Å². The van der Waals surface area contributed by atoms with Gasteiger partial charge in [0.2, 0.25) is 12.0 Å². The van der Waals surface area contributed by atoms with Crippen molar-refractivity contribution in [2.24, 2.45) is 16.5 Å². The van der Waals surface area contributed by atoms with E-state index < -0.39 is 73.7 Å². The lowest BCUT2D eigenvalue weighted by Crippen LogP contribution is -2.71. The second-order valence-corrected chi connectivity index (χ2v) is 13.8. The maximum Gasteiger partial charge on any atom is 0.317 e. The van der Waals surface area contributed by atoms with E-state index in [1.54, 1.807) is 12.1 Å². The molecule has 0 saturated carbocycles. The Kier molecular flexibility index (Phi) is 9.12. The molecular weight excluding hydrogens is 710 g/mol. The Bertz CT molecular complexity index is 2140. The van der Waals surface area contributed by atoms with Crippen molar-refractivity contribution in [1.82, 2.24) is 0 Å². The number of carboxylic acid groups (broad SMARTS) is 1. The normalized spacial score (nSPS) is 27.9. The molecule has 0 spiro atoms. The molecule has 3 aromatic rings. The molecule has 0 radical (unpaired) electrons. The number of carbonyl (C=O) groups excluding carboxylic acids is 1. The number of carbonyl (C=O) groups is 2. The number of rotatable bonds is 9. The van der Waals surface area contributed by atoms with Crippen molar-refractivity contribution in [2.75, 3.05) is 27.1 Å². The number of hydrogen-bond donors (Lipinski definition) is 7. The Morgan fingerprint density at radius 3 is 2.65 bits per heavy atom. The lowest BCUT2D eigenvalue weighted by molar-refractivity contribution is -0.329. The van der Waals surface area contributed by atoms with Crippen molar-refractivity contribution in [2.45, 2.75) is 73.8 Å². The molecule has 54 heavy (non-hydrogen) atoms. The number of ether oxygens (including phenoxy) is 7. The van der Waals surface area contributed by atoms with E-state index in [2.05, 4.69) is 0 Å². The second-order valence-electron chi connectivity index (χ2n) is 13.8. The molecule has 5 aliphatic heterocycles. The summed E-state index contributed by atoms with van der Waals surface area (Å²) in [5.41, 5.74) is 13.3. The van der Waals surface area contributed by atoms with Crippen LogP contribution in [0.1, 0.15) is 47.1 Å². The molecular formula is C37H39N3O14. The SMILES string of the molecule is COc1c(OCO)ccc2c1OC1c3c(cc4c(c3C3=c5ccccc5=NC3)CCC3(O)C(O4)OC(C(OC(=O)CC(=O)O)C(N)N)C(O)C3O)OCC21. The first-order chi connectivity index (χ1) is 25.9. The molecule has 1 saturated heterocycles. The third-order valence-corrected chi connectivity index (χ3v) is 10.7. The van der Waals surface area contributed by atoms with E-state index in [0.29, 0.717) is 46.2 Å². The van der Waals surface area contributed by atoms with Gasteiger partial charge in [-0.15, -0.1) is 0 Å². The highest BCUT2D eigenvalue weighted by molar-refractivity contribution is 5.90. The van der Waals surface area contributed by atoms with Gasteiger partial charge in [0.25, 0.3) is 0 Å². The maximum absolute atomic E-state index is 12.3. The molecule has 8 rings (SSSR count). The summed E-state index contributed by atoms with van der Waals surface area (Å²) < 4.78 is 42.0. The highest BCUT2D eigenvalue weighted by Gasteiger charge is 2.60. The van der Waals surface area contributed by atoms with Gasteiger partial charge < -0.3 is 70.2 Å². The van der Waals surface area contributed by atoms with Crippen LogP contribution in [0.25, 0.3) is 5.57 Å². The molecule has 286 valence electrons. The van der Waals surface area contributed by atoms with E-state index >= 15 is 0 Å². The molecule has 17 nitrogen and oxygen atoms in total. The smallest absolute Gasteiger partial charge is 0.317 e. The summed E-state index contributed by atoms with van der Waals surface area (Å²) in [6, 6.07) is 12.9. The number of hydrogen-bond acceptors (Lipinski definition) is 16. The first kappa shape index (κ1) is 36.0. The van der Waals surface area contributed by atoms with E-state index in [-0.39, 0.29) is 31.1 Å². The third kappa shape index (κ3) is 5.70. The number of methoxy groups -OCH3 is 1. The molecule has 17 heteroatoms. The van der Waals surface area contributed by atoms with E-state index in [1.807, 2.05) is 30.3 Å². The van der Waals surface area contributed by atoms with Gasteiger partial charge in [-0.25, -0.2) is 0 Å². The van der Waals surface area contributed by atoms with Crippen LogP contribution in [0.5, 0.6) is 28.7 Å². The zero-order valence-electron chi connectivity index (χ0n) is 28.9. The number of aliphatic hydroxyl groups is 4. The molecule has 0 aliphatic carbocycles. The molecule has 0 bridgehead atoms. The van der Waals surface area contributed by atoms with Crippen LogP contribution in [-0.4, -0.2) is 107 Å². The monoisotopic (exact) mass is 749 g/mol. The summed E-state index contributed by atoms with van der Waals surface area (Å²) in [6.45, 7) is -0.0580. The standard InChI is InChI=1S/C37H39N3O14/c1-48-31-21(50-14-41)7-6-16-19-13-49-23-10-22-17(26(27(23)29(19)53-30(16)31)18-12-40-20-5-3-2-4-15(18)20)8-9-37(47)34(46)28(45)32(54-36(37)51-22)33(35(38)39)52-25(44)11-24(42)43/h2-7,10,19,28-29,32-36,41,45-47H,8-9,11-14,38-39H2,1H3,(H,42,43). The fraction of sp³-hybridized carbons (Fsp3) is 0.432. The third-order valence-electron chi connectivity index (χ3n) is 10.7. The fourth-order valence-electron chi connectivity index (χ4n) is 8.21. The number of aliphatic carboxylic acids is 1. The van der Waals surface area contributed by atoms with Gasteiger partial charge in [-0.3, -0.25) is 14.6 Å². The minimum Gasteiger partial charge on any atom is -0.492 e. The van der Waals surface area contributed by atoms with Crippen molar-refractivity contribution in [3.8, 4) is 28.7 Å². The Balaban J connectivity index is 1.25. The summed E-state index contributed by atoms with van der Waals surface area (Å²) in [7, 11) is 1.48. The number of carboxylic acids is 1. The molecule has 8 atom stereocenters. The summed E-state index contributed by atoms with van der Waals surface area (Å²) >= 11 is 0. The van der Waals surface area contributed by atoms with Gasteiger partial charge in [-0.2, -0.15) is 0 Å². The van der Waals surface area contributed by atoms with E-state index in [9.17, 15) is 30.0 Å². The predicted octanol–water partition coefficient (Wildman–Crippen LogP) is -1.40. The average Bonchev–Trinajstić information content (AvgIpc) is 3.70. The van der Waals surface area contributed by atoms with Crippen molar-refractivity contribution < 1.29 is 68.3 Å². The minimum atomic E-state index is -2.20. The van der Waals surface area contributed by atoms with Gasteiger partial charge in [0.1, 0.15) is 42.3 Å². The zero-order valence-corrected chi connectivity index (χ0v) is 28.9. The van der Waals surface area contributed by atoms with Crippen LogP contribution in [0.3, 0.4) is 0 Å². The van der Waals surface area contributed by atoms with Crippen molar-refractivity contribution >= 4 is 17.5 Å². The van der Waals surface area contributed by atoms with E-state index in [1.165, 1.54) is 7.11 Å². The molecule has 5 aliphatic rings. The van der Waals surface area contributed by atoms with Gasteiger partial charge in [0.15, 0.2) is 30.0 Å². The average molecular weight is 750 g/mol. The molecule has 5 heterocycles. The molecule has 8 unspecified atom stereocenters. The van der Waals surface area contributed by atoms with E-state index in [4.69, 9.17) is 54.7 Å². The summed E-state index contributed by atoms with van der Waals surface area (Å²) in [6.07, 6.45) is -11.9. The summed E-state index contributed by atoms with van der Waals surface area (Å²) in [5, 5.41) is 55.0. The first-order valence-corrected chi connectivity index (χ1v) is 17.3. The van der Waals surface area contributed by atoms with Crippen molar-refractivity contribution in [3.63, 3.8) is 0 Å². The number of fused-ring (bicyclic) bond motifs is 8. The maximum atomic E-state index is 12.3. The van der Waals surface area contributed by atoms with Crippen LogP contribution in [-0.2, 0) is 25.5 Å². The number of benzene rings is 3. The molecule has 3 aromatic carbocycles. The molecule has 1 fully saturated rings. The van der Waals surface area contributed by atoms with Crippen LogP contribution in [0.15, 0.2) is 47.5 Å². The largest absolute Gasteiger partial charge is 0.492 e. The predicted molar refractivity (Wildman–Crippen MR) is 182 cm³/mol. The highest BCUT2D eigenvalue weighted by Crippen LogP contribution is 2.59. The van der Waals surface area contributed by atoms with Gasteiger partial charge in [-0.05, 0) is 36.1 Å². The first-order valence-electron chi connectivity index (χ1n) is 17.3. The van der Waals surface area contributed by atoms with Crippen LogP contribution in [0.4, 0.5) is 0 Å². The van der Waals surface area contributed by atoms with Gasteiger partial charge in [0.05, 0.1) is 37.7 Å². The number of esters is 1. The van der Waals surface area contributed by atoms with Crippen molar-refractivity contribution in [3.05, 3.63) is 75.3 Å². The van der Waals surface area contributed by atoms with Gasteiger partial charge >= 0.3 is 11.9 Å². The quantitative estimate of drug-likeness (QED) is 0.0753. The highest BCUT2D eigenvalue weighted by atomic mass is 16.7. The Labute approximate surface area is 306 Å². The Hall–Kier alpha value is -5.01.